The second-order valence-electron chi connectivity index (χ2n) is 7.79. The number of hydroxylamine groups is 1. The van der Waals surface area contributed by atoms with Crippen molar-refractivity contribution < 1.29 is 14.8 Å². The van der Waals surface area contributed by atoms with E-state index in [4.69, 9.17) is 5.21 Å². The Morgan fingerprint density at radius 3 is 2.81 bits per heavy atom. The second-order valence-corrected chi connectivity index (χ2v) is 8.93. The molecule has 6 nitrogen and oxygen atoms in total. The van der Waals surface area contributed by atoms with Crippen molar-refractivity contribution in [3.63, 3.8) is 0 Å². The summed E-state index contributed by atoms with van der Waals surface area (Å²) in [5.74, 6) is -0.210. The fourth-order valence-corrected chi connectivity index (χ4v) is 6.05. The summed E-state index contributed by atoms with van der Waals surface area (Å²) in [6.07, 6.45) is 11.3. The van der Waals surface area contributed by atoms with E-state index in [-0.39, 0.29) is 24.0 Å². The number of carbonyl (C=O) groups is 2. The van der Waals surface area contributed by atoms with Crippen LogP contribution in [-0.2, 0) is 11.2 Å². The van der Waals surface area contributed by atoms with Crippen LogP contribution in [0.1, 0.15) is 64.7 Å². The first kappa shape index (κ1) is 16.3. The van der Waals surface area contributed by atoms with E-state index >= 15 is 0 Å². The van der Waals surface area contributed by atoms with Crippen molar-refractivity contribution in [1.82, 2.24) is 15.3 Å². The Hall–Kier alpha value is -1.86. The molecule has 1 aliphatic carbocycles. The van der Waals surface area contributed by atoms with Crippen LogP contribution in [0.5, 0.6) is 0 Å². The van der Waals surface area contributed by atoms with E-state index in [9.17, 15) is 9.59 Å². The van der Waals surface area contributed by atoms with Gasteiger partial charge in [0.15, 0.2) is 0 Å². The van der Waals surface area contributed by atoms with Crippen LogP contribution in [0.25, 0.3) is 0 Å². The Labute approximate surface area is 156 Å². The first-order valence-electron chi connectivity index (χ1n) is 9.50. The maximum absolute atomic E-state index is 13.5. The molecule has 0 aromatic carbocycles. The number of amides is 2. The Balaban J connectivity index is 1.45. The molecule has 5 rings (SSSR count). The van der Waals surface area contributed by atoms with Gasteiger partial charge in [-0.3, -0.25) is 14.8 Å². The number of hydrogen-bond acceptors (Lipinski definition) is 5. The highest BCUT2D eigenvalue weighted by molar-refractivity contribution is 7.14. The van der Waals surface area contributed by atoms with E-state index in [0.717, 1.165) is 37.7 Å². The highest BCUT2D eigenvalue weighted by Gasteiger charge is 2.46. The molecular weight excluding hydrogens is 350 g/mol. The van der Waals surface area contributed by atoms with Gasteiger partial charge in [0.2, 0.25) is 5.91 Å². The molecule has 1 saturated heterocycles. The van der Waals surface area contributed by atoms with Crippen LogP contribution >= 0.6 is 11.3 Å². The zero-order valence-electron chi connectivity index (χ0n) is 14.6. The van der Waals surface area contributed by atoms with Crippen molar-refractivity contribution in [3.8, 4) is 0 Å². The minimum Gasteiger partial charge on any atom is -0.363 e. The summed E-state index contributed by atoms with van der Waals surface area (Å²) < 4.78 is 0. The molecule has 7 heteroatoms. The molecular formula is C19H23N3O3S. The lowest BCUT2D eigenvalue weighted by Gasteiger charge is -2.47. The average molecular weight is 373 g/mol. The lowest BCUT2D eigenvalue weighted by molar-refractivity contribution is -0.144. The van der Waals surface area contributed by atoms with E-state index in [1.54, 1.807) is 5.48 Å². The van der Waals surface area contributed by atoms with Crippen molar-refractivity contribution in [1.29, 1.82) is 0 Å². The number of nitrogens with zero attached hydrogens (tertiary/aromatic N) is 2. The minimum absolute atomic E-state index is 0.0500. The topological polar surface area (TPSA) is 72.9 Å². The van der Waals surface area contributed by atoms with Crippen LogP contribution in [0.15, 0.2) is 18.3 Å². The number of hydrogen-bond donors (Lipinski definition) is 2. The van der Waals surface area contributed by atoms with E-state index in [2.05, 4.69) is 22.1 Å². The Bertz CT molecular complexity index is 785. The summed E-state index contributed by atoms with van der Waals surface area (Å²) in [7, 11) is 0. The maximum atomic E-state index is 13.5. The highest BCUT2D eigenvalue weighted by atomic mass is 32.1. The summed E-state index contributed by atoms with van der Waals surface area (Å²) in [6, 6.07) is 2.68. The van der Waals surface area contributed by atoms with Gasteiger partial charge in [-0.05, 0) is 56.4 Å². The van der Waals surface area contributed by atoms with Gasteiger partial charge in [0.25, 0.3) is 5.91 Å². The number of nitrogens with one attached hydrogen (secondary N) is 1. The summed E-state index contributed by atoms with van der Waals surface area (Å²) in [5, 5.41) is 8.94. The molecule has 0 spiro atoms. The molecule has 2 N–H and O–H groups in total. The van der Waals surface area contributed by atoms with Crippen molar-refractivity contribution in [2.24, 2.45) is 0 Å². The average Bonchev–Trinajstić information content (AvgIpc) is 3.22. The molecule has 0 radical (unpaired) electrons. The largest absolute Gasteiger partial charge is 0.363 e. The Morgan fingerprint density at radius 1 is 1.19 bits per heavy atom. The van der Waals surface area contributed by atoms with Gasteiger partial charge in [0.05, 0.1) is 10.9 Å². The number of thiophene rings is 1. The van der Waals surface area contributed by atoms with Gasteiger partial charge in [-0.1, -0.05) is 6.08 Å². The van der Waals surface area contributed by atoms with E-state index < -0.39 is 5.91 Å². The van der Waals surface area contributed by atoms with Crippen molar-refractivity contribution >= 4 is 23.2 Å². The van der Waals surface area contributed by atoms with Gasteiger partial charge in [0.1, 0.15) is 6.04 Å². The predicted molar refractivity (Wildman–Crippen MR) is 96.9 cm³/mol. The first-order valence-corrected chi connectivity index (χ1v) is 10.3. The number of fused-ring (bicyclic) bond motifs is 4. The zero-order chi connectivity index (χ0) is 17.8. The molecule has 4 aliphatic rings. The SMILES string of the molecule is O=C(NO)c1cc2c(s1)CC1CCCC2N1C(=O)C1CC=CN1C1CC1. The maximum Gasteiger partial charge on any atom is 0.284 e. The highest BCUT2D eigenvalue weighted by Crippen LogP contribution is 2.46. The second kappa shape index (κ2) is 6.09. The van der Waals surface area contributed by atoms with Crippen molar-refractivity contribution in [2.45, 2.75) is 69.1 Å². The van der Waals surface area contributed by atoms with Crippen LogP contribution in [0, 0.1) is 0 Å². The lowest BCUT2D eigenvalue weighted by atomic mass is 9.83. The molecule has 138 valence electrons. The van der Waals surface area contributed by atoms with Gasteiger partial charge in [-0.15, -0.1) is 11.3 Å². The molecule has 2 bridgehead atoms. The van der Waals surface area contributed by atoms with E-state index in [1.807, 2.05) is 6.07 Å². The van der Waals surface area contributed by atoms with Crippen LogP contribution in [0.3, 0.4) is 0 Å². The van der Waals surface area contributed by atoms with Crippen LogP contribution in [-0.4, -0.2) is 44.9 Å². The third-order valence-electron chi connectivity index (χ3n) is 6.20. The molecule has 1 aromatic rings. The van der Waals surface area contributed by atoms with Gasteiger partial charge in [-0.2, -0.15) is 0 Å². The molecule has 2 amide bonds. The lowest BCUT2D eigenvalue weighted by Crippen LogP contribution is -2.55. The summed E-state index contributed by atoms with van der Waals surface area (Å²) in [5.41, 5.74) is 2.84. The van der Waals surface area contributed by atoms with Crippen LogP contribution in [0.4, 0.5) is 0 Å². The predicted octanol–water partition coefficient (Wildman–Crippen LogP) is 2.60. The zero-order valence-corrected chi connectivity index (χ0v) is 15.4. The van der Waals surface area contributed by atoms with Gasteiger partial charge >= 0.3 is 0 Å². The normalized spacial score (nSPS) is 29.7. The number of carbonyl (C=O) groups excluding carboxylic acids is 2. The molecule has 1 aromatic heterocycles. The third kappa shape index (κ3) is 2.48. The summed E-state index contributed by atoms with van der Waals surface area (Å²) >= 11 is 1.45. The van der Waals surface area contributed by atoms with Crippen LogP contribution < -0.4 is 5.48 Å². The molecule has 3 aliphatic heterocycles. The van der Waals surface area contributed by atoms with Crippen molar-refractivity contribution in [3.05, 3.63) is 33.7 Å². The molecule has 26 heavy (non-hydrogen) atoms. The number of rotatable bonds is 3. The molecule has 2 fully saturated rings. The Morgan fingerprint density at radius 2 is 2.04 bits per heavy atom. The van der Waals surface area contributed by atoms with Crippen LogP contribution in [0.2, 0.25) is 0 Å². The first-order chi connectivity index (χ1) is 12.7. The summed E-state index contributed by atoms with van der Waals surface area (Å²) in [4.78, 5) is 31.4. The molecule has 3 unspecified atom stereocenters. The fraction of sp³-hybridized carbons (Fsp3) is 0.579. The molecule has 1 saturated carbocycles. The van der Waals surface area contributed by atoms with E-state index in [0.29, 0.717) is 10.9 Å². The fourth-order valence-electron chi connectivity index (χ4n) is 4.87. The van der Waals surface area contributed by atoms with Gasteiger partial charge in [0, 0.05) is 23.4 Å². The number of piperidine rings is 1. The van der Waals surface area contributed by atoms with Gasteiger partial charge in [-0.25, -0.2) is 5.48 Å². The quantitative estimate of drug-likeness (QED) is 0.631. The standard InChI is InChI=1S/C19H23N3O3S/c23-18(20-25)17-10-13-14-4-1-3-12(9-16(13)26-17)22(14)19(24)15-5-2-8-21(15)11-6-7-11/h2,8,10-12,14-15,25H,1,3-7,9H2,(H,20,23). The van der Waals surface area contributed by atoms with Crippen molar-refractivity contribution in [2.75, 3.05) is 0 Å². The molecule has 4 heterocycles. The monoisotopic (exact) mass is 373 g/mol. The minimum atomic E-state index is -0.461. The Kier molecular flexibility index (Phi) is 3.83. The summed E-state index contributed by atoms with van der Waals surface area (Å²) in [6.45, 7) is 0. The smallest absolute Gasteiger partial charge is 0.284 e. The molecule has 3 atom stereocenters. The van der Waals surface area contributed by atoms with Gasteiger partial charge < -0.3 is 9.80 Å². The van der Waals surface area contributed by atoms with E-state index in [1.165, 1.54) is 29.1 Å². The third-order valence-corrected chi connectivity index (χ3v) is 7.37.